The van der Waals surface area contributed by atoms with Gasteiger partial charge in [-0.1, -0.05) is 6.07 Å². The van der Waals surface area contributed by atoms with Crippen molar-refractivity contribution in [2.75, 3.05) is 6.61 Å². The normalized spacial score (nSPS) is 12.2. The van der Waals surface area contributed by atoms with E-state index < -0.39 is 23.6 Å². The molecular formula is C10H11F2NO3. The topological polar surface area (TPSA) is 72.5 Å². The number of hydrogen-bond donors (Lipinski definition) is 2. The summed E-state index contributed by atoms with van der Waals surface area (Å²) in [6.07, 6.45) is 0.0191. The lowest BCUT2D eigenvalue weighted by Crippen LogP contribution is -2.31. The smallest absolute Gasteiger partial charge is 0.320 e. The number of carboxylic acid groups (broad SMARTS) is 1. The third kappa shape index (κ3) is 3.16. The van der Waals surface area contributed by atoms with Crippen molar-refractivity contribution in [1.82, 2.24) is 0 Å². The average Bonchev–Trinajstić information content (AvgIpc) is 2.24. The van der Waals surface area contributed by atoms with E-state index >= 15 is 0 Å². The van der Waals surface area contributed by atoms with Gasteiger partial charge in [-0.15, -0.1) is 0 Å². The van der Waals surface area contributed by atoms with E-state index in [1.165, 1.54) is 12.1 Å². The largest absolute Gasteiger partial charge is 0.490 e. The van der Waals surface area contributed by atoms with Crippen molar-refractivity contribution in [3.05, 3.63) is 29.8 Å². The summed E-state index contributed by atoms with van der Waals surface area (Å²) in [4.78, 5) is 10.3. The Bertz CT molecular complexity index is 384. The first-order chi connectivity index (χ1) is 7.52. The maximum Gasteiger partial charge on any atom is 0.320 e. The Kier molecular flexibility index (Phi) is 4.19. The summed E-state index contributed by atoms with van der Waals surface area (Å²) >= 11 is 0. The second kappa shape index (κ2) is 5.41. The number of rotatable bonds is 5. The highest BCUT2D eigenvalue weighted by Gasteiger charge is 2.13. The lowest BCUT2D eigenvalue weighted by atomic mass is 10.2. The van der Waals surface area contributed by atoms with E-state index in [1.807, 2.05) is 0 Å². The van der Waals surface area contributed by atoms with Crippen molar-refractivity contribution in [2.45, 2.75) is 12.5 Å². The van der Waals surface area contributed by atoms with Gasteiger partial charge in [0.15, 0.2) is 11.6 Å². The van der Waals surface area contributed by atoms with Gasteiger partial charge in [0.05, 0.1) is 6.61 Å². The van der Waals surface area contributed by atoms with Crippen molar-refractivity contribution in [3.8, 4) is 5.75 Å². The summed E-state index contributed by atoms with van der Waals surface area (Å²) in [5.41, 5.74) is 5.20. The van der Waals surface area contributed by atoms with Crippen molar-refractivity contribution in [1.29, 1.82) is 0 Å². The monoisotopic (exact) mass is 231 g/mol. The number of benzene rings is 1. The van der Waals surface area contributed by atoms with E-state index in [4.69, 9.17) is 15.6 Å². The molecule has 1 unspecified atom stereocenters. The number of nitrogens with two attached hydrogens (primary N) is 1. The first-order valence-electron chi connectivity index (χ1n) is 4.57. The fourth-order valence-corrected chi connectivity index (χ4v) is 1.01. The van der Waals surface area contributed by atoms with E-state index in [1.54, 1.807) is 0 Å². The Morgan fingerprint density at radius 1 is 1.50 bits per heavy atom. The SMILES string of the molecule is NC(CCOc1cccc(F)c1F)C(=O)O. The van der Waals surface area contributed by atoms with Crippen LogP contribution in [0.3, 0.4) is 0 Å². The maximum absolute atomic E-state index is 13.0. The van der Waals surface area contributed by atoms with Crippen molar-refractivity contribution < 1.29 is 23.4 Å². The molecule has 6 heteroatoms. The molecule has 0 amide bonds. The number of ether oxygens (including phenoxy) is 1. The maximum atomic E-state index is 13.0. The molecule has 0 fully saturated rings. The lowest BCUT2D eigenvalue weighted by molar-refractivity contribution is -0.138. The van der Waals surface area contributed by atoms with Gasteiger partial charge in [0.2, 0.25) is 5.82 Å². The first kappa shape index (κ1) is 12.4. The standard InChI is InChI=1S/C10H11F2NO3/c11-6-2-1-3-8(9(6)12)16-5-4-7(13)10(14)15/h1-3,7H,4-5,13H2,(H,14,15). The third-order valence-electron chi connectivity index (χ3n) is 1.92. The summed E-state index contributed by atoms with van der Waals surface area (Å²) in [5.74, 6) is -3.52. The van der Waals surface area contributed by atoms with E-state index in [9.17, 15) is 13.6 Å². The predicted molar refractivity (Wildman–Crippen MR) is 52.1 cm³/mol. The zero-order chi connectivity index (χ0) is 12.1. The molecule has 0 radical (unpaired) electrons. The summed E-state index contributed by atoms with van der Waals surface area (Å²) in [6.45, 7) is -0.0894. The van der Waals surface area contributed by atoms with Gasteiger partial charge in [0.25, 0.3) is 0 Å². The van der Waals surface area contributed by atoms with E-state index in [0.717, 1.165) is 6.07 Å². The van der Waals surface area contributed by atoms with Crippen LogP contribution in [0.5, 0.6) is 5.75 Å². The summed E-state index contributed by atoms with van der Waals surface area (Å²) in [7, 11) is 0. The van der Waals surface area contributed by atoms with Gasteiger partial charge < -0.3 is 15.6 Å². The predicted octanol–water partition coefficient (Wildman–Crippen LogP) is 1.15. The molecular weight excluding hydrogens is 220 g/mol. The Morgan fingerprint density at radius 3 is 2.81 bits per heavy atom. The fraction of sp³-hybridized carbons (Fsp3) is 0.300. The van der Waals surface area contributed by atoms with Crippen molar-refractivity contribution >= 4 is 5.97 Å². The van der Waals surface area contributed by atoms with Crippen molar-refractivity contribution in [2.24, 2.45) is 5.73 Å². The van der Waals surface area contributed by atoms with Gasteiger partial charge in [-0.3, -0.25) is 4.79 Å². The number of hydrogen-bond acceptors (Lipinski definition) is 3. The Morgan fingerprint density at radius 2 is 2.19 bits per heavy atom. The molecule has 0 aromatic heterocycles. The molecule has 4 nitrogen and oxygen atoms in total. The zero-order valence-corrected chi connectivity index (χ0v) is 8.32. The Balaban J connectivity index is 2.49. The number of carboxylic acids is 1. The van der Waals surface area contributed by atoms with Crippen LogP contribution in [0.1, 0.15) is 6.42 Å². The molecule has 1 rings (SSSR count). The molecule has 0 aliphatic rings. The minimum atomic E-state index is -1.16. The summed E-state index contributed by atoms with van der Waals surface area (Å²) < 4.78 is 30.6. The minimum absolute atomic E-state index is 0.0191. The molecule has 0 aliphatic heterocycles. The molecule has 16 heavy (non-hydrogen) atoms. The Labute approximate surface area is 90.6 Å². The van der Waals surface area contributed by atoms with Gasteiger partial charge in [-0.25, -0.2) is 4.39 Å². The third-order valence-corrected chi connectivity index (χ3v) is 1.92. The Hall–Kier alpha value is -1.69. The molecule has 0 saturated carbocycles. The van der Waals surface area contributed by atoms with E-state index in [-0.39, 0.29) is 18.8 Å². The van der Waals surface area contributed by atoms with E-state index in [0.29, 0.717) is 0 Å². The van der Waals surface area contributed by atoms with Crippen LogP contribution < -0.4 is 10.5 Å². The zero-order valence-electron chi connectivity index (χ0n) is 8.32. The molecule has 1 atom stereocenters. The molecule has 0 aliphatic carbocycles. The minimum Gasteiger partial charge on any atom is -0.490 e. The highest BCUT2D eigenvalue weighted by molar-refractivity contribution is 5.72. The molecule has 0 spiro atoms. The number of carbonyl (C=O) groups is 1. The second-order valence-electron chi connectivity index (χ2n) is 3.13. The second-order valence-corrected chi connectivity index (χ2v) is 3.13. The van der Waals surface area contributed by atoms with Gasteiger partial charge >= 0.3 is 5.97 Å². The lowest BCUT2D eigenvalue weighted by Gasteiger charge is -2.09. The van der Waals surface area contributed by atoms with Crippen LogP contribution in [-0.2, 0) is 4.79 Å². The van der Waals surface area contributed by atoms with Crippen LogP contribution in [0.25, 0.3) is 0 Å². The highest BCUT2D eigenvalue weighted by atomic mass is 19.2. The van der Waals surface area contributed by atoms with Gasteiger partial charge in [0, 0.05) is 6.42 Å². The number of halogens is 2. The molecule has 0 heterocycles. The van der Waals surface area contributed by atoms with Crippen molar-refractivity contribution in [3.63, 3.8) is 0 Å². The molecule has 1 aromatic carbocycles. The molecule has 88 valence electrons. The quantitative estimate of drug-likeness (QED) is 0.797. The van der Waals surface area contributed by atoms with Crippen LogP contribution >= 0.6 is 0 Å². The average molecular weight is 231 g/mol. The summed E-state index contributed by atoms with van der Waals surface area (Å²) in [6, 6.07) is 2.44. The molecule has 1 aromatic rings. The molecule has 0 bridgehead atoms. The molecule has 3 N–H and O–H groups in total. The number of aliphatic carboxylic acids is 1. The summed E-state index contributed by atoms with van der Waals surface area (Å²) in [5, 5.41) is 8.46. The van der Waals surface area contributed by atoms with Crippen LogP contribution in [0.15, 0.2) is 18.2 Å². The van der Waals surface area contributed by atoms with Gasteiger partial charge in [0.1, 0.15) is 6.04 Å². The molecule has 0 saturated heterocycles. The fourth-order valence-electron chi connectivity index (χ4n) is 1.01. The van der Waals surface area contributed by atoms with Crippen LogP contribution in [-0.4, -0.2) is 23.7 Å². The van der Waals surface area contributed by atoms with Crippen LogP contribution in [0, 0.1) is 11.6 Å². The first-order valence-corrected chi connectivity index (χ1v) is 4.57. The van der Waals surface area contributed by atoms with Crippen LogP contribution in [0.2, 0.25) is 0 Å². The highest BCUT2D eigenvalue weighted by Crippen LogP contribution is 2.19. The van der Waals surface area contributed by atoms with Crippen LogP contribution in [0.4, 0.5) is 8.78 Å². The van der Waals surface area contributed by atoms with Gasteiger partial charge in [-0.2, -0.15) is 4.39 Å². The van der Waals surface area contributed by atoms with Gasteiger partial charge in [-0.05, 0) is 12.1 Å². The van der Waals surface area contributed by atoms with E-state index in [2.05, 4.69) is 0 Å².